The first-order valence-corrected chi connectivity index (χ1v) is 8.25. The normalized spacial score (nSPS) is 13.0. The van der Waals surface area contributed by atoms with Crippen LogP contribution >= 0.6 is 11.3 Å². The molecule has 0 saturated carbocycles. The van der Waals surface area contributed by atoms with Crippen LogP contribution in [0.2, 0.25) is 0 Å². The van der Waals surface area contributed by atoms with Crippen molar-refractivity contribution in [1.29, 1.82) is 0 Å². The molecule has 0 aliphatic heterocycles. The molecule has 0 atom stereocenters. The summed E-state index contributed by atoms with van der Waals surface area (Å²) in [4.78, 5) is 26.3. The zero-order valence-electron chi connectivity index (χ0n) is 12.8. The lowest BCUT2D eigenvalue weighted by Crippen LogP contribution is -2.14. The second-order valence-corrected chi connectivity index (χ2v) is 7.12. The zero-order valence-corrected chi connectivity index (χ0v) is 13.6. The predicted molar refractivity (Wildman–Crippen MR) is 86.9 cm³/mol. The van der Waals surface area contributed by atoms with Gasteiger partial charge in [0.15, 0.2) is 6.61 Å². The molecule has 4 heteroatoms. The van der Waals surface area contributed by atoms with Gasteiger partial charge in [-0.05, 0) is 62.4 Å². The largest absolute Gasteiger partial charge is 0.454 e. The van der Waals surface area contributed by atoms with E-state index < -0.39 is 5.97 Å². The van der Waals surface area contributed by atoms with E-state index in [2.05, 4.69) is 0 Å². The number of carbonyl (C=O) groups excluding carboxylic acids is 2. The van der Waals surface area contributed by atoms with E-state index in [1.165, 1.54) is 11.1 Å². The predicted octanol–water partition coefficient (Wildman–Crippen LogP) is 3.89. The number of ketones is 1. The Kier molecular flexibility index (Phi) is 4.12. The lowest BCUT2D eigenvalue weighted by atomic mass is 10.1. The van der Waals surface area contributed by atoms with Crippen LogP contribution in [0, 0.1) is 13.8 Å². The van der Waals surface area contributed by atoms with Crippen molar-refractivity contribution in [3.63, 3.8) is 0 Å². The van der Waals surface area contributed by atoms with E-state index in [1.54, 1.807) is 17.4 Å². The fourth-order valence-corrected chi connectivity index (χ4v) is 3.84. The summed E-state index contributed by atoms with van der Waals surface area (Å²) in [6.07, 6.45) is 3.24. The molecule has 3 nitrogen and oxygen atoms in total. The van der Waals surface area contributed by atoms with E-state index in [1.807, 2.05) is 32.0 Å². The molecule has 1 aliphatic carbocycles. The Bertz CT molecular complexity index is 743. The molecule has 114 valence electrons. The van der Waals surface area contributed by atoms with Gasteiger partial charge in [-0.15, -0.1) is 11.3 Å². The highest BCUT2D eigenvalue weighted by Crippen LogP contribution is 2.24. The number of thiophene rings is 1. The second kappa shape index (κ2) is 6.05. The summed E-state index contributed by atoms with van der Waals surface area (Å²) in [6, 6.07) is 7.53. The van der Waals surface area contributed by atoms with Crippen molar-refractivity contribution < 1.29 is 14.3 Å². The first-order chi connectivity index (χ1) is 10.5. The van der Waals surface area contributed by atoms with Crippen molar-refractivity contribution in [3.8, 4) is 0 Å². The molecule has 0 spiro atoms. The molecule has 0 bridgehead atoms. The third kappa shape index (κ3) is 2.97. The van der Waals surface area contributed by atoms with Gasteiger partial charge in [0.2, 0.25) is 5.78 Å². The quantitative estimate of drug-likeness (QED) is 0.635. The lowest BCUT2D eigenvalue weighted by Gasteiger charge is -2.06. The summed E-state index contributed by atoms with van der Waals surface area (Å²) in [6.45, 7) is 3.67. The third-order valence-corrected chi connectivity index (χ3v) is 4.98. The highest BCUT2D eigenvalue weighted by molar-refractivity contribution is 7.12. The SMILES string of the molecule is Cc1cc(C(=O)COC(=O)c2ccc3c(c2)CCC3)c(C)s1. The average Bonchev–Trinajstić information content (AvgIpc) is 3.09. The van der Waals surface area contributed by atoms with E-state index in [9.17, 15) is 9.59 Å². The second-order valence-electron chi connectivity index (χ2n) is 5.66. The van der Waals surface area contributed by atoms with E-state index in [0.29, 0.717) is 11.1 Å². The molecule has 22 heavy (non-hydrogen) atoms. The molecule has 0 radical (unpaired) electrons. The van der Waals surface area contributed by atoms with E-state index in [-0.39, 0.29) is 12.4 Å². The molecule has 1 aliphatic rings. The van der Waals surface area contributed by atoms with E-state index in [0.717, 1.165) is 29.0 Å². The standard InChI is InChI=1S/C18H18O3S/c1-11-8-16(12(2)22-11)17(19)10-21-18(20)15-7-6-13-4-3-5-14(13)9-15/h6-9H,3-5,10H2,1-2H3. The van der Waals surface area contributed by atoms with Crippen molar-refractivity contribution in [1.82, 2.24) is 0 Å². The van der Waals surface area contributed by atoms with Crippen molar-refractivity contribution in [2.45, 2.75) is 33.1 Å². The summed E-state index contributed by atoms with van der Waals surface area (Å²) in [7, 11) is 0. The van der Waals surface area contributed by atoms with Crippen molar-refractivity contribution in [2.75, 3.05) is 6.61 Å². The van der Waals surface area contributed by atoms with Crippen molar-refractivity contribution >= 4 is 23.1 Å². The van der Waals surface area contributed by atoms with E-state index >= 15 is 0 Å². The summed E-state index contributed by atoms with van der Waals surface area (Å²) in [5, 5.41) is 0. The number of hydrogen-bond acceptors (Lipinski definition) is 4. The zero-order chi connectivity index (χ0) is 15.7. The van der Waals surface area contributed by atoms with Gasteiger partial charge in [-0.25, -0.2) is 4.79 Å². The van der Waals surface area contributed by atoms with Gasteiger partial charge in [-0.3, -0.25) is 4.79 Å². The number of carbonyl (C=O) groups is 2. The van der Waals surface area contributed by atoms with Gasteiger partial charge < -0.3 is 4.74 Å². The fourth-order valence-electron chi connectivity index (χ4n) is 2.90. The molecule has 0 fully saturated rings. The van der Waals surface area contributed by atoms with Crippen LogP contribution in [0.15, 0.2) is 24.3 Å². The van der Waals surface area contributed by atoms with E-state index in [4.69, 9.17) is 4.74 Å². The van der Waals surface area contributed by atoms with Crippen LogP contribution in [0.1, 0.15) is 48.0 Å². The minimum atomic E-state index is -0.423. The summed E-state index contributed by atoms with van der Waals surface area (Å²) in [5.74, 6) is -0.566. The van der Waals surface area contributed by atoms with Crippen molar-refractivity contribution in [2.24, 2.45) is 0 Å². The minimum Gasteiger partial charge on any atom is -0.454 e. The Morgan fingerprint density at radius 3 is 2.64 bits per heavy atom. The number of Topliss-reactive ketones (excluding diaryl/α,β-unsaturated/α-hetero) is 1. The first-order valence-electron chi connectivity index (χ1n) is 7.44. The molecule has 0 unspecified atom stereocenters. The Morgan fingerprint density at radius 2 is 1.91 bits per heavy atom. The van der Waals surface area contributed by atoms with Crippen molar-refractivity contribution in [3.05, 3.63) is 56.3 Å². The molecular formula is C18H18O3S. The summed E-state index contributed by atoms with van der Waals surface area (Å²) >= 11 is 1.58. The molecule has 2 aromatic rings. The van der Waals surface area contributed by atoms with Crippen LogP contribution in [0.3, 0.4) is 0 Å². The molecule has 3 rings (SSSR count). The van der Waals surface area contributed by atoms with Gasteiger partial charge in [-0.2, -0.15) is 0 Å². The molecule has 0 amide bonds. The molecule has 1 aromatic heterocycles. The number of ether oxygens (including phenoxy) is 1. The maximum absolute atomic E-state index is 12.1. The highest BCUT2D eigenvalue weighted by Gasteiger charge is 2.17. The summed E-state index contributed by atoms with van der Waals surface area (Å²) < 4.78 is 5.18. The number of esters is 1. The highest BCUT2D eigenvalue weighted by atomic mass is 32.1. The molecule has 0 saturated heterocycles. The third-order valence-electron chi connectivity index (χ3n) is 4.01. The number of rotatable bonds is 4. The number of benzene rings is 1. The Hall–Kier alpha value is -1.94. The van der Waals surface area contributed by atoms with Gasteiger partial charge in [0.05, 0.1) is 5.56 Å². The van der Waals surface area contributed by atoms with Crippen LogP contribution in [-0.4, -0.2) is 18.4 Å². The molecule has 1 aromatic carbocycles. The number of hydrogen-bond donors (Lipinski definition) is 0. The fraction of sp³-hybridized carbons (Fsp3) is 0.333. The van der Waals surface area contributed by atoms with Gasteiger partial charge in [-0.1, -0.05) is 6.07 Å². The minimum absolute atomic E-state index is 0.142. The number of fused-ring (bicyclic) bond motifs is 1. The van der Waals surface area contributed by atoms with Crippen LogP contribution in [0.25, 0.3) is 0 Å². The average molecular weight is 314 g/mol. The molecular weight excluding hydrogens is 296 g/mol. The Morgan fingerprint density at radius 1 is 1.14 bits per heavy atom. The van der Waals surface area contributed by atoms with Crippen LogP contribution < -0.4 is 0 Å². The topological polar surface area (TPSA) is 43.4 Å². The number of aryl methyl sites for hydroxylation is 4. The first kappa shape index (κ1) is 15.0. The summed E-state index contributed by atoms with van der Waals surface area (Å²) in [5.41, 5.74) is 3.73. The monoisotopic (exact) mass is 314 g/mol. The van der Waals surface area contributed by atoms with Gasteiger partial charge in [0, 0.05) is 15.3 Å². The van der Waals surface area contributed by atoms with Crippen LogP contribution in [0.5, 0.6) is 0 Å². The maximum atomic E-state index is 12.1. The smallest absolute Gasteiger partial charge is 0.338 e. The maximum Gasteiger partial charge on any atom is 0.338 e. The van der Waals surface area contributed by atoms with Gasteiger partial charge in [0.1, 0.15) is 0 Å². The molecule has 1 heterocycles. The molecule has 0 N–H and O–H groups in total. The Labute approximate surface area is 133 Å². The van der Waals surface area contributed by atoms with Gasteiger partial charge >= 0.3 is 5.97 Å². The Balaban J connectivity index is 1.65. The lowest BCUT2D eigenvalue weighted by molar-refractivity contribution is 0.0474. The van der Waals surface area contributed by atoms with Crippen LogP contribution in [0.4, 0.5) is 0 Å². The van der Waals surface area contributed by atoms with Crippen LogP contribution in [-0.2, 0) is 17.6 Å². The van der Waals surface area contributed by atoms with Gasteiger partial charge in [0.25, 0.3) is 0 Å².